The molecule has 2 N–H and O–H groups in total. The number of benzene rings is 2. The van der Waals surface area contributed by atoms with Gasteiger partial charge in [0.1, 0.15) is 0 Å². The molecule has 0 aliphatic rings. The number of hydrogen-bond donors (Lipinski definition) is 2. The van der Waals surface area contributed by atoms with Crippen LogP contribution in [0.5, 0.6) is 0 Å². The predicted octanol–water partition coefficient (Wildman–Crippen LogP) is 6.36. The monoisotopic (exact) mass is 529 g/mol. The van der Waals surface area contributed by atoms with Gasteiger partial charge in [0, 0.05) is 52.5 Å². The number of carbonyl (C=O) groups excluding carboxylic acids is 1. The zero-order valence-corrected chi connectivity index (χ0v) is 20.9. The van der Waals surface area contributed by atoms with Gasteiger partial charge in [0.25, 0.3) is 5.91 Å². The lowest BCUT2D eigenvalue weighted by atomic mass is 10.1. The summed E-state index contributed by atoms with van der Waals surface area (Å²) in [5, 5.41) is 5.64. The smallest absolute Gasteiger partial charge is 0.324 e. The van der Waals surface area contributed by atoms with Gasteiger partial charge >= 0.3 is 6.18 Å². The first-order valence-electron chi connectivity index (χ1n) is 11.8. The van der Waals surface area contributed by atoms with Gasteiger partial charge in [0.15, 0.2) is 0 Å². The standard InChI is InChI=1S/C28H22F3N7O/c1-17-6-7-20(14-33-17)25-8-9-32-27(37-25)36-22-5-3-4-19(10-22)26(39)35-23-11-21(28(29,30)31)12-24(13-23)38-15-18(2)34-16-38/h3-16H,1-2H3,(H,35,39)(H,32,36,37). The van der Waals surface area contributed by atoms with E-state index in [-0.39, 0.29) is 16.9 Å². The highest BCUT2D eigenvalue weighted by Gasteiger charge is 2.31. The number of anilines is 3. The van der Waals surface area contributed by atoms with Crippen LogP contribution in [-0.2, 0) is 6.18 Å². The molecule has 0 radical (unpaired) electrons. The number of amides is 1. The van der Waals surface area contributed by atoms with Crippen molar-refractivity contribution in [2.24, 2.45) is 0 Å². The molecule has 0 unspecified atom stereocenters. The lowest BCUT2D eigenvalue weighted by molar-refractivity contribution is -0.137. The van der Waals surface area contributed by atoms with Crippen LogP contribution < -0.4 is 10.6 Å². The van der Waals surface area contributed by atoms with Crippen molar-refractivity contribution in [2.45, 2.75) is 20.0 Å². The summed E-state index contributed by atoms with van der Waals surface area (Å²) in [4.78, 5) is 30.1. The fourth-order valence-electron chi connectivity index (χ4n) is 3.83. The fourth-order valence-corrected chi connectivity index (χ4v) is 3.83. The number of imidazole rings is 1. The molecule has 2 aromatic carbocycles. The minimum Gasteiger partial charge on any atom is -0.324 e. The fraction of sp³-hybridized carbons (Fsp3) is 0.107. The van der Waals surface area contributed by atoms with Gasteiger partial charge in [-0.25, -0.2) is 15.0 Å². The molecule has 5 aromatic rings. The van der Waals surface area contributed by atoms with Crippen molar-refractivity contribution in [3.8, 4) is 16.9 Å². The third kappa shape index (κ3) is 6.09. The van der Waals surface area contributed by atoms with Crippen molar-refractivity contribution in [1.29, 1.82) is 0 Å². The Morgan fingerprint density at radius 2 is 1.74 bits per heavy atom. The van der Waals surface area contributed by atoms with Gasteiger partial charge in [-0.2, -0.15) is 13.2 Å². The van der Waals surface area contributed by atoms with E-state index in [0.717, 1.165) is 23.4 Å². The molecule has 0 fully saturated rings. The normalized spacial score (nSPS) is 11.3. The summed E-state index contributed by atoms with van der Waals surface area (Å²) in [6.07, 6.45) is 1.74. The van der Waals surface area contributed by atoms with Crippen molar-refractivity contribution in [2.75, 3.05) is 10.6 Å². The van der Waals surface area contributed by atoms with Crippen LogP contribution in [0, 0.1) is 13.8 Å². The van der Waals surface area contributed by atoms with Crippen LogP contribution in [0.2, 0.25) is 0 Å². The van der Waals surface area contributed by atoms with Crippen molar-refractivity contribution >= 4 is 23.2 Å². The summed E-state index contributed by atoms with van der Waals surface area (Å²) in [6, 6.07) is 15.4. The third-order valence-electron chi connectivity index (χ3n) is 5.76. The van der Waals surface area contributed by atoms with Crippen LogP contribution in [0.1, 0.15) is 27.3 Å². The molecule has 0 aliphatic carbocycles. The minimum absolute atomic E-state index is 0.00252. The van der Waals surface area contributed by atoms with Gasteiger partial charge in [-0.15, -0.1) is 0 Å². The molecular formula is C28H22F3N7O. The lowest BCUT2D eigenvalue weighted by Crippen LogP contribution is -2.14. The summed E-state index contributed by atoms with van der Waals surface area (Å²) in [5.41, 5.74) is 3.11. The highest BCUT2D eigenvalue weighted by Crippen LogP contribution is 2.33. The molecule has 0 atom stereocenters. The highest BCUT2D eigenvalue weighted by atomic mass is 19.4. The maximum absolute atomic E-state index is 13.6. The van der Waals surface area contributed by atoms with E-state index in [1.54, 1.807) is 55.8 Å². The number of alkyl halides is 3. The average Bonchev–Trinajstić information content (AvgIpc) is 3.35. The SMILES string of the molecule is Cc1ccc(-c2ccnc(Nc3cccc(C(=O)Nc4cc(-n5cnc(C)c5)cc(C(F)(F)F)c4)c3)n2)cn1. The maximum Gasteiger partial charge on any atom is 0.416 e. The number of aromatic nitrogens is 5. The van der Waals surface area contributed by atoms with E-state index >= 15 is 0 Å². The van der Waals surface area contributed by atoms with Crippen LogP contribution in [0.3, 0.4) is 0 Å². The van der Waals surface area contributed by atoms with E-state index in [1.165, 1.54) is 17.0 Å². The van der Waals surface area contributed by atoms with Crippen molar-refractivity contribution in [3.63, 3.8) is 0 Å². The molecule has 39 heavy (non-hydrogen) atoms. The summed E-state index contributed by atoms with van der Waals surface area (Å²) in [7, 11) is 0. The summed E-state index contributed by atoms with van der Waals surface area (Å²) in [5.74, 6) is -0.269. The molecule has 196 valence electrons. The second-order valence-electron chi connectivity index (χ2n) is 8.80. The van der Waals surface area contributed by atoms with Gasteiger partial charge in [0.2, 0.25) is 5.95 Å². The Hall–Kier alpha value is -5.06. The van der Waals surface area contributed by atoms with E-state index in [9.17, 15) is 18.0 Å². The number of nitrogens with zero attached hydrogens (tertiary/aromatic N) is 5. The molecule has 1 amide bonds. The Balaban J connectivity index is 1.37. The van der Waals surface area contributed by atoms with Crippen LogP contribution in [0.25, 0.3) is 16.9 Å². The molecule has 5 rings (SSSR count). The van der Waals surface area contributed by atoms with Crippen LogP contribution in [-0.4, -0.2) is 30.4 Å². The van der Waals surface area contributed by atoms with Gasteiger partial charge in [-0.1, -0.05) is 6.07 Å². The predicted molar refractivity (Wildman–Crippen MR) is 141 cm³/mol. The van der Waals surface area contributed by atoms with Crippen molar-refractivity contribution in [1.82, 2.24) is 24.5 Å². The number of aryl methyl sites for hydroxylation is 2. The van der Waals surface area contributed by atoms with Gasteiger partial charge < -0.3 is 15.2 Å². The summed E-state index contributed by atoms with van der Waals surface area (Å²) >= 11 is 0. The first-order valence-corrected chi connectivity index (χ1v) is 11.8. The first kappa shape index (κ1) is 25.6. The Morgan fingerprint density at radius 3 is 2.46 bits per heavy atom. The Bertz CT molecular complexity index is 1650. The molecular weight excluding hydrogens is 507 g/mol. The van der Waals surface area contributed by atoms with E-state index in [2.05, 4.69) is 30.6 Å². The summed E-state index contributed by atoms with van der Waals surface area (Å²) < 4.78 is 42.2. The van der Waals surface area contributed by atoms with Crippen molar-refractivity contribution < 1.29 is 18.0 Å². The molecule has 3 aromatic heterocycles. The lowest BCUT2D eigenvalue weighted by Gasteiger charge is -2.14. The molecule has 0 aliphatic heterocycles. The Labute approximate surface area is 221 Å². The average molecular weight is 530 g/mol. The van der Waals surface area contributed by atoms with Gasteiger partial charge in [-0.3, -0.25) is 9.78 Å². The van der Waals surface area contributed by atoms with E-state index < -0.39 is 17.6 Å². The van der Waals surface area contributed by atoms with Crippen LogP contribution >= 0.6 is 0 Å². The molecule has 11 heteroatoms. The maximum atomic E-state index is 13.6. The number of hydrogen-bond acceptors (Lipinski definition) is 6. The van der Waals surface area contributed by atoms with E-state index in [1.807, 2.05) is 19.1 Å². The highest BCUT2D eigenvalue weighted by molar-refractivity contribution is 6.05. The first-order chi connectivity index (χ1) is 18.6. The van der Waals surface area contributed by atoms with Crippen LogP contribution in [0.4, 0.5) is 30.5 Å². The van der Waals surface area contributed by atoms with Crippen LogP contribution in [0.15, 0.2) is 85.6 Å². The zero-order chi connectivity index (χ0) is 27.6. The number of nitrogens with one attached hydrogen (secondary N) is 2. The quantitative estimate of drug-likeness (QED) is 0.266. The topological polar surface area (TPSA) is 97.6 Å². The molecule has 0 spiro atoms. The van der Waals surface area contributed by atoms with E-state index in [4.69, 9.17) is 0 Å². The zero-order valence-electron chi connectivity index (χ0n) is 20.9. The number of pyridine rings is 1. The summed E-state index contributed by atoms with van der Waals surface area (Å²) in [6.45, 7) is 3.63. The molecule has 0 saturated heterocycles. The van der Waals surface area contributed by atoms with Gasteiger partial charge in [-0.05, 0) is 68.4 Å². The number of rotatable bonds is 6. The largest absolute Gasteiger partial charge is 0.416 e. The number of carbonyl (C=O) groups is 1. The molecule has 0 saturated carbocycles. The molecule has 0 bridgehead atoms. The third-order valence-corrected chi connectivity index (χ3v) is 5.76. The molecule has 8 nitrogen and oxygen atoms in total. The Morgan fingerprint density at radius 1 is 0.897 bits per heavy atom. The van der Waals surface area contributed by atoms with E-state index in [0.29, 0.717) is 23.0 Å². The number of halogens is 3. The minimum atomic E-state index is -4.60. The molecule has 3 heterocycles. The second kappa shape index (κ2) is 10.4. The Kier molecular flexibility index (Phi) is 6.80. The van der Waals surface area contributed by atoms with Gasteiger partial charge in [0.05, 0.1) is 23.3 Å². The van der Waals surface area contributed by atoms with Crippen molar-refractivity contribution in [3.05, 3.63) is 108 Å². The second-order valence-corrected chi connectivity index (χ2v) is 8.80.